The molecule has 1 saturated heterocycles. The fraction of sp³-hybridized carbons (Fsp3) is 0.429. The van der Waals surface area contributed by atoms with Crippen LogP contribution in [-0.4, -0.2) is 34.2 Å². The molecule has 2 amide bonds. The van der Waals surface area contributed by atoms with Crippen molar-refractivity contribution in [1.82, 2.24) is 15.1 Å². The van der Waals surface area contributed by atoms with E-state index in [1.165, 1.54) is 5.69 Å². The highest BCUT2D eigenvalue weighted by atomic mass is 32.1. The SMILES string of the molecule is Cc1cscc1NC(=O)N1CCC(c2ccn[nH]2)CC1. The van der Waals surface area contributed by atoms with Gasteiger partial charge in [0.25, 0.3) is 0 Å². The van der Waals surface area contributed by atoms with E-state index in [2.05, 4.69) is 15.5 Å². The molecule has 3 rings (SSSR count). The fourth-order valence-electron chi connectivity index (χ4n) is 2.57. The number of nitrogens with one attached hydrogen (secondary N) is 2. The molecular formula is C14H18N4OS. The number of anilines is 1. The van der Waals surface area contributed by atoms with Crippen LogP contribution in [0.4, 0.5) is 10.5 Å². The van der Waals surface area contributed by atoms with Gasteiger partial charge in [0.15, 0.2) is 0 Å². The smallest absolute Gasteiger partial charge is 0.321 e. The molecule has 2 aromatic rings. The number of nitrogens with zero attached hydrogens (tertiary/aromatic N) is 2. The first-order valence-electron chi connectivity index (χ1n) is 6.82. The Balaban J connectivity index is 1.55. The van der Waals surface area contributed by atoms with Crippen LogP contribution in [0.2, 0.25) is 0 Å². The van der Waals surface area contributed by atoms with Gasteiger partial charge in [-0.3, -0.25) is 5.10 Å². The highest BCUT2D eigenvalue weighted by Gasteiger charge is 2.24. The number of aryl methyl sites for hydroxylation is 1. The molecule has 0 unspecified atom stereocenters. The number of piperidine rings is 1. The van der Waals surface area contributed by atoms with Crippen LogP contribution in [0.15, 0.2) is 23.0 Å². The molecule has 0 spiro atoms. The third kappa shape index (κ3) is 2.70. The molecule has 0 radical (unpaired) electrons. The standard InChI is InChI=1S/C14H18N4OS/c1-10-8-20-9-13(10)16-14(19)18-6-3-11(4-7-18)12-2-5-15-17-12/h2,5,8-9,11H,3-4,6-7H2,1H3,(H,15,17)(H,16,19). The average molecular weight is 290 g/mol. The molecule has 1 aliphatic heterocycles. The predicted molar refractivity (Wildman–Crippen MR) is 80.2 cm³/mol. The van der Waals surface area contributed by atoms with E-state index in [4.69, 9.17) is 0 Å². The van der Waals surface area contributed by atoms with Crippen LogP contribution in [0, 0.1) is 6.92 Å². The first-order valence-corrected chi connectivity index (χ1v) is 7.76. The third-order valence-electron chi connectivity index (χ3n) is 3.84. The number of carbonyl (C=O) groups is 1. The quantitative estimate of drug-likeness (QED) is 0.892. The maximum absolute atomic E-state index is 12.2. The predicted octanol–water partition coefficient (Wildman–Crippen LogP) is 3.19. The molecule has 1 fully saturated rings. The van der Waals surface area contributed by atoms with Crippen LogP contribution in [0.1, 0.15) is 30.0 Å². The Morgan fingerprint density at radius 1 is 1.45 bits per heavy atom. The number of aromatic amines is 1. The van der Waals surface area contributed by atoms with E-state index < -0.39 is 0 Å². The molecular weight excluding hydrogens is 272 g/mol. The molecule has 0 saturated carbocycles. The summed E-state index contributed by atoms with van der Waals surface area (Å²) in [6, 6.07) is 2.03. The van der Waals surface area contributed by atoms with Crippen molar-refractivity contribution in [2.75, 3.05) is 18.4 Å². The van der Waals surface area contributed by atoms with Crippen LogP contribution in [-0.2, 0) is 0 Å². The minimum atomic E-state index is 0.00885. The minimum Gasteiger partial charge on any atom is -0.324 e. The van der Waals surface area contributed by atoms with Crippen LogP contribution in [0.5, 0.6) is 0 Å². The highest BCUT2D eigenvalue weighted by molar-refractivity contribution is 7.08. The maximum Gasteiger partial charge on any atom is 0.321 e. The van der Waals surface area contributed by atoms with Crippen molar-refractivity contribution in [3.05, 3.63) is 34.3 Å². The summed E-state index contributed by atoms with van der Waals surface area (Å²) in [6.45, 7) is 3.59. The molecule has 0 atom stereocenters. The second kappa shape index (κ2) is 5.66. The molecule has 0 bridgehead atoms. The molecule has 2 N–H and O–H groups in total. The molecule has 1 aliphatic rings. The van der Waals surface area contributed by atoms with Gasteiger partial charge in [-0.25, -0.2) is 4.79 Å². The number of H-pyrrole nitrogens is 1. The number of urea groups is 1. The van der Waals surface area contributed by atoms with Crippen molar-refractivity contribution < 1.29 is 4.79 Å². The summed E-state index contributed by atoms with van der Waals surface area (Å²) in [7, 11) is 0. The normalized spacial score (nSPS) is 16.4. The number of hydrogen-bond donors (Lipinski definition) is 2. The van der Waals surface area contributed by atoms with E-state index in [9.17, 15) is 4.79 Å². The molecule has 0 aromatic carbocycles. The van der Waals surface area contributed by atoms with Gasteiger partial charge in [-0.05, 0) is 36.8 Å². The summed E-state index contributed by atoms with van der Waals surface area (Å²) in [5.74, 6) is 0.490. The van der Waals surface area contributed by atoms with Crippen molar-refractivity contribution in [3.8, 4) is 0 Å². The molecule has 20 heavy (non-hydrogen) atoms. The number of carbonyl (C=O) groups excluding carboxylic acids is 1. The lowest BCUT2D eigenvalue weighted by atomic mass is 9.94. The Hall–Kier alpha value is -1.82. The minimum absolute atomic E-state index is 0.00885. The molecule has 5 nitrogen and oxygen atoms in total. The fourth-order valence-corrected chi connectivity index (χ4v) is 3.35. The Morgan fingerprint density at radius 3 is 2.85 bits per heavy atom. The summed E-state index contributed by atoms with van der Waals surface area (Å²) in [5, 5.41) is 14.0. The van der Waals surface area contributed by atoms with Crippen molar-refractivity contribution in [1.29, 1.82) is 0 Å². The Kier molecular flexibility index (Phi) is 3.73. The van der Waals surface area contributed by atoms with E-state index in [1.54, 1.807) is 17.5 Å². The second-order valence-electron chi connectivity index (χ2n) is 5.17. The first-order chi connectivity index (χ1) is 9.74. The number of hydrogen-bond acceptors (Lipinski definition) is 3. The van der Waals surface area contributed by atoms with Crippen LogP contribution in [0.3, 0.4) is 0 Å². The number of likely N-dealkylation sites (tertiary alicyclic amines) is 1. The van der Waals surface area contributed by atoms with E-state index >= 15 is 0 Å². The highest BCUT2D eigenvalue weighted by Crippen LogP contribution is 2.27. The average Bonchev–Trinajstić information content (AvgIpc) is 3.12. The van der Waals surface area contributed by atoms with E-state index in [0.717, 1.165) is 37.2 Å². The summed E-state index contributed by atoms with van der Waals surface area (Å²) in [4.78, 5) is 14.1. The zero-order valence-corrected chi connectivity index (χ0v) is 12.2. The topological polar surface area (TPSA) is 61.0 Å². The van der Waals surface area contributed by atoms with Gasteiger partial charge in [0, 0.05) is 36.3 Å². The van der Waals surface area contributed by atoms with Crippen molar-refractivity contribution in [2.24, 2.45) is 0 Å². The van der Waals surface area contributed by atoms with E-state index in [0.29, 0.717) is 5.92 Å². The van der Waals surface area contributed by atoms with Gasteiger partial charge in [0.05, 0.1) is 5.69 Å². The van der Waals surface area contributed by atoms with Gasteiger partial charge in [-0.15, -0.1) is 11.3 Å². The molecule has 0 aliphatic carbocycles. The maximum atomic E-state index is 12.2. The van der Waals surface area contributed by atoms with Gasteiger partial charge >= 0.3 is 6.03 Å². The molecule has 3 heterocycles. The van der Waals surface area contributed by atoms with Gasteiger partial charge < -0.3 is 10.2 Å². The summed E-state index contributed by atoms with van der Waals surface area (Å²) >= 11 is 1.61. The summed E-state index contributed by atoms with van der Waals surface area (Å²) in [5.41, 5.74) is 3.23. The first kappa shape index (κ1) is 13.2. The van der Waals surface area contributed by atoms with Crippen LogP contribution in [0.25, 0.3) is 0 Å². The van der Waals surface area contributed by atoms with Crippen molar-refractivity contribution in [3.63, 3.8) is 0 Å². The lowest BCUT2D eigenvalue weighted by Gasteiger charge is -2.31. The van der Waals surface area contributed by atoms with Crippen LogP contribution >= 0.6 is 11.3 Å². The third-order valence-corrected chi connectivity index (χ3v) is 4.70. The molecule has 106 valence electrons. The monoisotopic (exact) mass is 290 g/mol. The Labute approximate surface area is 122 Å². The van der Waals surface area contributed by atoms with E-state index in [1.807, 2.05) is 28.7 Å². The number of rotatable bonds is 2. The zero-order valence-electron chi connectivity index (χ0n) is 11.4. The van der Waals surface area contributed by atoms with Crippen molar-refractivity contribution >= 4 is 23.1 Å². The zero-order chi connectivity index (χ0) is 13.9. The number of aromatic nitrogens is 2. The summed E-state index contributed by atoms with van der Waals surface area (Å²) < 4.78 is 0. The molecule has 2 aromatic heterocycles. The van der Waals surface area contributed by atoms with Gasteiger partial charge in [-0.1, -0.05) is 0 Å². The largest absolute Gasteiger partial charge is 0.324 e. The molecule has 6 heteroatoms. The van der Waals surface area contributed by atoms with Gasteiger partial charge in [0.2, 0.25) is 0 Å². The lowest BCUT2D eigenvalue weighted by molar-refractivity contribution is 0.194. The Morgan fingerprint density at radius 2 is 2.25 bits per heavy atom. The van der Waals surface area contributed by atoms with E-state index in [-0.39, 0.29) is 6.03 Å². The number of thiophene rings is 1. The second-order valence-corrected chi connectivity index (χ2v) is 5.92. The Bertz CT molecular complexity index is 570. The summed E-state index contributed by atoms with van der Waals surface area (Å²) in [6.07, 6.45) is 3.75. The number of amides is 2. The van der Waals surface area contributed by atoms with Crippen LogP contribution < -0.4 is 5.32 Å². The lowest BCUT2D eigenvalue weighted by Crippen LogP contribution is -2.40. The van der Waals surface area contributed by atoms with Crippen molar-refractivity contribution in [2.45, 2.75) is 25.7 Å². The van der Waals surface area contributed by atoms with Gasteiger partial charge in [0.1, 0.15) is 0 Å². The van der Waals surface area contributed by atoms with Gasteiger partial charge in [-0.2, -0.15) is 5.10 Å².